The average molecular weight is 1310 g/mol. The van der Waals surface area contributed by atoms with Crippen LogP contribution in [-0.4, -0.2) is 243 Å². The molecule has 25 N–H and O–H groups in total. The smallest absolute Gasteiger partial charge is 0.322 e. The van der Waals surface area contributed by atoms with Gasteiger partial charge in [0, 0.05) is 19.4 Å². The van der Waals surface area contributed by atoms with Crippen LogP contribution in [0.25, 0.3) is 0 Å². The van der Waals surface area contributed by atoms with Gasteiger partial charge in [0.15, 0.2) is 5.96 Å². The Labute approximate surface area is 529 Å². The molecule has 92 heavy (non-hydrogen) atoms. The van der Waals surface area contributed by atoms with E-state index in [4.69, 9.17) is 22.3 Å². The van der Waals surface area contributed by atoms with Crippen molar-refractivity contribution in [2.24, 2.45) is 34.0 Å². The number of rotatable bonds is 42. The number of aliphatic imine (C=N–C) groups is 1. The molecule has 12 amide bonds. The van der Waals surface area contributed by atoms with Crippen LogP contribution in [0, 0.1) is 11.8 Å². The van der Waals surface area contributed by atoms with E-state index in [1.807, 2.05) is 5.32 Å². The molecular weight excluding hydrogens is 1220 g/mol. The van der Waals surface area contributed by atoms with Crippen molar-refractivity contribution in [3.8, 4) is 0 Å². The Bertz CT molecular complexity index is 2720. The van der Waals surface area contributed by atoms with Crippen LogP contribution in [0.1, 0.15) is 86.1 Å². The number of hydrogen-bond acceptors (Lipinski definition) is 21. The molecule has 0 saturated carbocycles. The third-order valence-electron chi connectivity index (χ3n) is 13.3. The first-order valence-electron chi connectivity index (χ1n) is 29.1. The van der Waals surface area contributed by atoms with E-state index in [2.05, 4.69) is 63.5 Å². The van der Waals surface area contributed by atoms with Crippen LogP contribution in [0.4, 0.5) is 0 Å². The first-order valence-corrected chi connectivity index (χ1v) is 29.1. The van der Waals surface area contributed by atoms with Gasteiger partial charge in [0.25, 0.3) is 0 Å². The molecule has 0 radical (unpaired) electrons. The van der Waals surface area contributed by atoms with Crippen LogP contribution >= 0.6 is 0 Å². The highest BCUT2D eigenvalue weighted by Crippen LogP contribution is 2.11. The molecule has 37 nitrogen and oxygen atoms in total. The van der Waals surface area contributed by atoms with Gasteiger partial charge in [0.05, 0.1) is 44.6 Å². The van der Waals surface area contributed by atoms with Crippen molar-refractivity contribution in [3.63, 3.8) is 0 Å². The standard InChI is InChI=1S/C55H90N16O21/c1-25(2)18-33(65-54(92)43(29(7)76)71-48(86)34(19-30-12-9-8-10-13-30)64-50(88)36(23-73)67-45(83)31(56)14-11-17-59-55(57)58)47(85)62-27(5)44(82)66-35(22-72)51(89)68-37(24-74)49(87)63-32(15-16-39(78)79)46(84)70-42(28(6)75)53(91)60-20-38(77)69-41(26(3)4)52(90)61-21-40(80)81/h8-10,12-13,25-29,31-37,41-43,72-76H,11,14-24,56H2,1-7H3,(H,60,91)(H,61,90)(H,62,85)(H,63,87)(H,64,88)(H,65,92)(H,66,82)(H,67,83)(H,68,89)(H,69,77)(H,70,84)(H,71,86)(H,78,79)(H,80,81)(H4,57,58,59)/t27-,28+,29+,31-,32-,33-,34-,35-,36-,37-,41-,42-,43-/m0/s1. The Morgan fingerprint density at radius 1 is 0.467 bits per heavy atom. The summed E-state index contributed by atoms with van der Waals surface area (Å²) in [6, 6.07) is -9.88. The van der Waals surface area contributed by atoms with Gasteiger partial charge in [-0.15, -0.1) is 0 Å². The summed E-state index contributed by atoms with van der Waals surface area (Å²) < 4.78 is 0. The van der Waals surface area contributed by atoms with Crippen molar-refractivity contribution in [2.45, 2.75) is 166 Å². The second-order valence-electron chi connectivity index (χ2n) is 22.0. The lowest BCUT2D eigenvalue weighted by molar-refractivity contribution is -0.139. The number of benzene rings is 1. The lowest BCUT2D eigenvalue weighted by Gasteiger charge is -2.28. The van der Waals surface area contributed by atoms with Crippen LogP contribution in [0.15, 0.2) is 35.3 Å². The molecule has 37 heteroatoms. The first-order chi connectivity index (χ1) is 43.1. The lowest BCUT2D eigenvalue weighted by atomic mass is 10.0. The molecule has 0 aliphatic carbocycles. The third-order valence-corrected chi connectivity index (χ3v) is 13.3. The number of aliphatic hydroxyl groups is 5. The first kappa shape index (κ1) is 80.8. The number of nitrogens with two attached hydrogens (primary N) is 3. The summed E-state index contributed by atoms with van der Waals surface area (Å²) in [4.78, 5) is 187. The molecule has 0 unspecified atom stereocenters. The zero-order valence-corrected chi connectivity index (χ0v) is 52.1. The fourth-order valence-electron chi connectivity index (χ4n) is 8.19. The van der Waals surface area contributed by atoms with Gasteiger partial charge in [-0.1, -0.05) is 58.0 Å². The van der Waals surface area contributed by atoms with Crippen LogP contribution in [0.5, 0.6) is 0 Å². The quantitative estimate of drug-likeness (QED) is 0.0164. The van der Waals surface area contributed by atoms with Crippen molar-refractivity contribution in [2.75, 3.05) is 39.5 Å². The summed E-state index contributed by atoms with van der Waals surface area (Å²) in [5.74, 6) is -17.0. The molecule has 0 spiro atoms. The van der Waals surface area contributed by atoms with Gasteiger partial charge in [-0.2, -0.15) is 0 Å². The maximum atomic E-state index is 14.0. The Balaban J connectivity index is 3.21. The number of amides is 12. The maximum Gasteiger partial charge on any atom is 0.322 e. The molecule has 0 fully saturated rings. The summed E-state index contributed by atoms with van der Waals surface area (Å²) in [5.41, 5.74) is 17.1. The van der Waals surface area contributed by atoms with Crippen LogP contribution in [0.2, 0.25) is 0 Å². The molecular formula is C55H90N16O21. The zero-order chi connectivity index (χ0) is 70.1. The maximum absolute atomic E-state index is 14.0. The number of carbonyl (C=O) groups excluding carboxylic acids is 12. The van der Waals surface area contributed by atoms with Gasteiger partial charge in [0.1, 0.15) is 67.0 Å². The number of carbonyl (C=O) groups is 14. The Hall–Kier alpha value is -9.17. The fraction of sp³-hybridized carbons (Fsp3) is 0.618. The summed E-state index contributed by atoms with van der Waals surface area (Å²) in [6.07, 6.45) is -4.81. The highest BCUT2D eigenvalue weighted by atomic mass is 16.4. The Kier molecular flexibility index (Phi) is 36.3. The van der Waals surface area contributed by atoms with Gasteiger partial charge in [-0.05, 0) is 63.9 Å². The molecule has 0 heterocycles. The molecule has 0 aliphatic heterocycles. The molecule has 0 bridgehead atoms. The second kappa shape index (κ2) is 41.3. The number of hydrogen-bond donors (Lipinski definition) is 22. The van der Waals surface area contributed by atoms with E-state index in [0.717, 1.165) is 20.8 Å². The van der Waals surface area contributed by atoms with Gasteiger partial charge in [-0.25, -0.2) is 0 Å². The van der Waals surface area contributed by atoms with E-state index >= 15 is 0 Å². The third kappa shape index (κ3) is 30.1. The zero-order valence-electron chi connectivity index (χ0n) is 52.1. The number of guanidine groups is 1. The van der Waals surface area contributed by atoms with Gasteiger partial charge < -0.3 is 117 Å². The second-order valence-corrected chi connectivity index (χ2v) is 22.0. The van der Waals surface area contributed by atoms with E-state index in [9.17, 15) is 97.8 Å². The van der Waals surface area contributed by atoms with Gasteiger partial charge in [0.2, 0.25) is 70.9 Å². The van der Waals surface area contributed by atoms with E-state index in [-0.39, 0.29) is 37.7 Å². The number of nitrogens with one attached hydrogen (secondary N) is 12. The minimum Gasteiger partial charge on any atom is -0.481 e. The molecule has 0 aromatic heterocycles. The molecule has 1 rings (SSSR count). The van der Waals surface area contributed by atoms with Crippen molar-refractivity contribution in [1.82, 2.24) is 63.8 Å². The van der Waals surface area contributed by atoms with Gasteiger partial charge in [-0.3, -0.25) is 72.1 Å². The monoisotopic (exact) mass is 1310 g/mol. The van der Waals surface area contributed by atoms with Crippen molar-refractivity contribution < 1.29 is 103 Å². The van der Waals surface area contributed by atoms with Crippen molar-refractivity contribution in [1.29, 1.82) is 0 Å². The molecule has 1 aromatic carbocycles. The lowest BCUT2D eigenvalue weighted by Crippen LogP contribution is -2.62. The number of aliphatic carboxylic acids is 2. The van der Waals surface area contributed by atoms with E-state index in [0.29, 0.717) is 12.0 Å². The number of nitrogens with zero attached hydrogens (tertiary/aromatic N) is 1. The largest absolute Gasteiger partial charge is 0.481 e. The van der Waals surface area contributed by atoms with E-state index in [1.165, 1.54) is 13.8 Å². The van der Waals surface area contributed by atoms with Gasteiger partial charge >= 0.3 is 11.9 Å². The van der Waals surface area contributed by atoms with Crippen molar-refractivity contribution >= 4 is 88.8 Å². The fourth-order valence-corrected chi connectivity index (χ4v) is 8.19. The predicted octanol–water partition coefficient (Wildman–Crippen LogP) is -9.90. The van der Waals surface area contributed by atoms with Crippen molar-refractivity contribution in [3.05, 3.63) is 35.9 Å². The molecule has 1 aromatic rings. The highest BCUT2D eigenvalue weighted by molar-refractivity contribution is 5.99. The summed E-state index contributed by atoms with van der Waals surface area (Å²) in [7, 11) is 0. The minimum absolute atomic E-state index is 0.0897. The SMILES string of the molecule is CC(C)C[C@H](NC(=O)[C@@H](NC(=O)[C@H](Cc1ccccc1)NC(=O)[C@H](CO)NC(=O)[C@@H](N)CCCN=C(N)N)[C@@H](C)O)C(=O)N[C@@H](C)C(=O)N[C@@H](CO)C(=O)N[C@@H](CO)C(=O)N[C@@H](CCC(=O)O)C(=O)N[C@H](C(=O)NCC(=O)N[C@H](C(=O)NCC(=O)O)C(C)C)[C@@H](C)O. The summed E-state index contributed by atoms with van der Waals surface area (Å²) >= 11 is 0. The molecule has 0 saturated heterocycles. The highest BCUT2D eigenvalue weighted by Gasteiger charge is 2.37. The topological polar surface area (TPSA) is 615 Å². The molecule has 516 valence electrons. The Morgan fingerprint density at radius 3 is 1.38 bits per heavy atom. The predicted molar refractivity (Wildman–Crippen MR) is 322 cm³/mol. The minimum atomic E-state index is -1.99. The number of aliphatic hydroxyl groups excluding tert-OH is 5. The number of carboxylic acid groups (broad SMARTS) is 2. The summed E-state index contributed by atoms with van der Waals surface area (Å²) in [6.45, 7) is 4.97. The van der Waals surface area contributed by atoms with Crippen LogP contribution in [-0.2, 0) is 73.5 Å². The molecule has 13 atom stereocenters. The van der Waals surface area contributed by atoms with E-state index < -0.39 is 213 Å². The normalized spacial score (nSPS) is 15.3. The Morgan fingerprint density at radius 2 is 0.902 bits per heavy atom. The average Bonchev–Trinajstić information content (AvgIpc) is 1.51. The summed E-state index contributed by atoms with van der Waals surface area (Å²) in [5, 5.41) is 96.8. The van der Waals surface area contributed by atoms with Crippen LogP contribution < -0.4 is 81.0 Å². The molecule has 0 aliphatic rings. The van der Waals surface area contributed by atoms with E-state index in [1.54, 1.807) is 44.2 Å². The number of carboxylic acids is 2. The van der Waals surface area contributed by atoms with Crippen LogP contribution in [0.3, 0.4) is 0 Å².